The third-order valence-electron chi connectivity index (χ3n) is 4.60. The van der Waals surface area contributed by atoms with E-state index in [0.717, 1.165) is 24.0 Å². The number of rotatable bonds is 5. The van der Waals surface area contributed by atoms with Gasteiger partial charge in [0.2, 0.25) is 10.0 Å². The van der Waals surface area contributed by atoms with Crippen molar-refractivity contribution in [2.75, 3.05) is 0 Å². The number of aliphatic hydroxyl groups is 1. The second-order valence-electron chi connectivity index (χ2n) is 6.23. The maximum Gasteiger partial charge on any atom is 0.216 e. The average Bonchev–Trinajstić information content (AvgIpc) is 2.44. The molecular formula is C16H25NO3S. The lowest BCUT2D eigenvalue weighted by Crippen LogP contribution is -2.44. The first-order chi connectivity index (χ1) is 9.91. The Morgan fingerprint density at radius 3 is 2.38 bits per heavy atom. The first-order valence-corrected chi connectivity index (χ1v) is 9.25. The molecule has 0 heterocycles. The molecule has 2 N–H and O–H groups in total. The van der Waals surface area contributed by atoms with Gasteiger partial charge in [-0.3, -0.25) is 0 Å². The zero-order valence-corrected chi connectivity index (χ0v) is 13.6. The summed E-state index contributed by atoms with van der Waals surface area (Å²) in [4.78, 5) is 0. The van der Waals surface area contributed by atoms with Crippen molar-refractivity contribution in [2.24, 2.45) is 11.8 Å². The van der Waals surface area contributed by atoms with Gasteiger partial charge in [0.1, 0.15) is 0 Å². The monoisotopic (exact) mass is 311 g/mol. The Morgan fingerprint density at radius 2 is 1.76 bits per heavy atom. The number of aliphatic hydroxyl groups excluding tert-OH is 1. The lowest BCUT2D eigenvalue weighted by Gasteiger charge is -2.34. The Labute approximate surface area is 127 Å². The Kier molecular flexibility index (Phi) is 5.41. The van der Waals surface area contributed by atoms with Crippen molar-refractivity contribution in [3.63, 3.8) is 0 Å². The zero-order valence-electron chi connectivity index (χ0n) is 12.7. The molecule has 5 heteroatoms. The number of nitrogens with one attached hydrogen (secondary N) is 1. The van der Waals surface area contributed by atoms with Crippen LogP contribution in [0.3, 0.4) is 0 Å². The number of hydrogen-bond acceptors (Lipinski definition) is 3. The van der Waals surface area contributed by atoms with Crippen molar-refractivity contribution in [3.05, 3.63) is 35.4 Å². The molecule has 0 aromatic heterocycles. The van der Waals surface area contributed by atoms with Crippen molar-refractivity contribution in [1.82, 2.24) is 4.72 Å². The van der Waals surface area contributed by atoms with Crippen molar-refractivity contribution in [2.45, 2.75) is 51.5 Å². The predicted octanol–water partition coefficient (Wildman–Crippen LogP) is 2.42. The standard InChI is InChI=1S/C16H25NO3S/c1-12-4-3-5-16(13(12)2)17-21(19,20)11-15-8-6-14(10-18)7-9-15/h6-9,12-13,16-18H,3-5,10-11H2,1-2H3. The highest BCUT2D eigenvalue weighted by Crippen LogP contribution is 2.30. The van der Waals surface area contributed by atoms with Crippen LogP contribution in [-0.4, -0.2) is 19.6 Å². The fraction of sp³-hybridized carbons (Fsp3) is 0.625. The van der Waals surface area contributed by atoms with Crippen molar-refractivity contribution >= 4 is 10.0 Å². The van der Waals surface area contributed by atoms with Crippen LogP contribution in [0.25, 0.3) is 0 Å². The van der Waals surface area contributed by atoms with Gasteiger partial charge < -0.3 is 5.11 Å². The van der Waals surface area contributed by atoms with E-state index in [2.05, 4.69) is 18.6 Å². The minimum Gasteiger partial charge on any atom is -0.392 e. The Bertz CT molecular complexity index is 553. The van der Waals surface area contributed by atoms with Gasteiger partial charge in [0.15, 0.2) is 0 Å². The summed E-state index contributed by atoms with van der Waals surface area (Å²) in [5, 5.41) is 9.00. The average molecular weight is 311 g/mol. The molecular weight excluding hydrogens is 286 g/mol. The van der Waals surface area contributed by atoms with E-state index in [-0.39, 0.29) is 18.4 Å². The molecule has 4 nitrogen and oxygen atoms in total. The van der Waals surface area contributed by atoms with E-state index in [1.54, 1.807) is 24.3 Å². The highest BCUT2D eigenvalue weighted by atomic mass is 32.2. The number of benzene rings is 1. The van der Waals surface area contributed by atoms with Gasteiger partial charge in [0.05, 0.1) is 12.4 Å². The van der Waals surface area contributed by atoms with E-state index in [9.17, 15) is 8.42 Å². The summed E-state index contributed by atoms with van der Waals surface area (Å²) >= 11 is 0. The van der Waals surface area contributed by atoms with Crippen LogP contribution >= 0.6 is 0 Å². The molecule has 0 bridgehead atoms. The molecule has 1 aliphatic carbocycles. The highest BCUT2D eigenvalue weighted by molar-refractivity contribution is 7.88. The van der Waals surface area contributed by atoms with Crippen molar-refractivity contribution < 1.29 is 13.5 Å². The molecule has 0 radical (unpaired) electrons. The van der Waals surface area contributed by atoms with Crippen LogP contribution in [-0.2, 0) is 22.4 Å². The molecule has 3 atom stereocenters. The molecule has 2 rings (SSSR count). The second-order valence-corrected chi connectivity index (χ2v) is 7.98. The topological polar surface area (TPSA) is 66.4 Å². The molecule has 21 heavy (non-hydrogen) atoms. The Balaban J connectivity index is 2.00. The molecule has 118 valence electrons. The maximum atomic E-state index is 12.3. The molecule has 1 aliphatic rings. The SMILES string of the molecule is CC1CCCC(NS(=O)(=O)Cc2ccc(CO)cc2)C1C. The van der Waals surface area contributed by atoms with Gasteiger partial charge in [-0.15, -0.1) is 0 Å². The summed E-state index contributed by atoms with van der Waals surface area (Å²) < 4.78 is 27.5. The van der Waals surface area contributed by atoms with E-state index in [1.807, 2.05) is 0 Å². The van der Waals surface area contributed by atoms with E-state index in [0.29, 0.717) is 11.8 Å². The highest BCUT2D eigenvalue weighted by Gasteiger charge is 2.30. The summed E-state index contributed by atoms with van der Waals surface area (Å²) in [6, 6.07) is 7.09. The van der Waals surface area contributed by atoms with Crippen LogP contribution in [0.5, 0.6) is 0 Å². The maximum absolute atomic E-state index is 12.3. The third-order valence-corrected chi connectivity index (χ3v) is 5.98. The summed E-state index contributed by atoms with van der Waals surface area (Å²) in [6.07, 6.45) is 3.19. The van der Waals surface area contributed by atoms with Gasteiger partial charge >= 0.3 is 0 Å². The van der Waals surface area contributed by atoms with E-state index in [1.165, 1.54) is 6.42 Å². The second kappa shape index (κ2) is 6.90. The van der Waals surface area contributed by atoms with Crippen molar-refractivity contribution in [3.8, 4) is 0 Å². The van der Waals surface area contributed by atoms with Gasteiger partial charge in [-0.05, 0) is 29.4 Å². The number of hydrogen-bond donors (Lipinski definition) is 2. The van der Waals surface area contributed by atoms with E-state index in [4.69, 9.17) is 5.11 Å². The summed E-state index contributed by atoms with van der Waals surface area (Å²) in [6.45, 7) is 4.30. The Morgan fingerprint density at radius 1 is 1.14 bits per heavy atom. The molecule has 3 unspecified atom stereocenters. The molecule has 0 aliphatic heterocycles. The summed E-state index contributed by atoms with van der Waals surface area (Å²) in [7, 11) is -3.32. The molecule has 1 aromatic carbocycles. The molecule has 1 aromatic rings. The van der Waals surface area contributed by atoms with Crippen LogP contribution in [0.2, 0.25) is 0 Å². The Hall–Kier alpha value is -0.910. The van der Waals surface area contributed by atoms with Crippen LogP contribution in [0, 0.1) is 11.8 Å². The predicted molar refractivity (Wildman–Crippen MR) is 84.1 cm³/mol. The smallest absolute Gasteiger partial charge is 0.216 e. The fourth-order valence-electron chi connectivity index (χ4n) is 2.98. The largest absolute Gasteiger partial charge is 0.392 e. The van der Waals surface area contributed by atoms with Gasteiger partial charge in [-0.25, -0.2) is 13.1 Å². The minimum absolute atomic E-state index is 0.00366. The lowest BCUT2D eigenvalue weighted by atomic mass is 9.78. The van der Waals surface area contributed by atoms with Crippen LogP contribution in [0.15, 0.2) is 24.3 Å². The third kappa shape index (κ3) is 4.53. The zero-order chi connectivity index (χ0) is 15.5. The quantitative estimate of drug-likeness (QED) is 0.877. The lowest BCUT2D eigenvalue weighted by molar-refractivity contribution is 0.227. The van der Waals surface area contributed by atoms with Crippen LogP contribution in [0.4, 0.5) is 0 Å². The minimum atomic E-state index is -3.32. The van der Waals surface area contributed by atoms with Crippen LogP contribution in [0.1, 0.15) is 44.2 Å². The molecule has 0 amide bonds. The van der Waals surface area contributed by atoms with Gasteiger partial charge in [-0.1, -0.05) is 51.0 Å². The summed E-state index contributed by atoms with van der Waals surface area (Å²) in [5.74, 6) is 0.941. The van der Waals surface area contributed by atoms with Crippen LogP contribution < -0.4 is 4.72 Å². The van der Waals surface area contributed by atoms with Gasteiger partial charge in [-0.2, -0.15) is 0 Å². The fourth-order valence-corrected chi connectivity index (χ4v) is 4.49. The first kappa shape index (κ1) is 16.5. The summed E-state index contributed by atoms with van der Waals surface area (Å²) in [5.41, 5.74) is 1.54. The first-order valence-electron chi connectivity index (χ1n) is 7.60. The van der Waals surface area contributed by atoms with Crippen molar-refractivity contribution in [1.29, 1.82) is 0 Å². The van der Waals surface area contributed by atoms with Gasteiger partial charge in [0, 0.05) is 6.04 Å². The normalized spacial score (nSPS) is 26.7. The molecule has 0 saturated heterocycles. The molecule has 1 fully saturated rings. The van der Waals surface area contributed by atoms with E-state index >= 15 is 0 Å². The van der Waals surface area contributed by atoms with E-state index < -0.39 is 10.0 Å². The molecule has 1 saturated carbocycles. The molecule has 0 spiro atoms. The van der Waals surface area contributed by atoms with Gasteiger partial charge in [0.25, 0.3) is 0 Å². The number of sulfonamides is 1.